The van der Waals surface area contributed by atoms with E-state index < -0.39 is 23.7 Å². The highest BCUT2D eigenvalue weighted by molar-refractivity contribution is 5.96. The molecule has 11 nitrogen and oxygen atoms in total. The van der Waals surface area contributed by atoms with Gasteiger partial charge in [-0.1, -0.05) is 12.1 Å². The number of likely N-dealkylation sites (N-methyl/N-ethyl adjacent to an activating group) is 1. The van der Waals surface area contributed by atoms with Crippen molar-refractivity contribution in [2.75, 3.05) is 19.4 Å². The van der Waals surface area contributed by atoms with Crippen molar-refractivity contribution in [3.05, 3.63) is 59.4 Å². The van der Waals surface area contributed by atoms with Crippen LogP contribution in [0.5, 0.6) is 0 Å². The van der Waals surface area contributed by atoms with Crippen LogP contribution in [0, 0.1) is 0 Å². The minimum atomic E-state index is -1.08. The number of imidazole rings is 1. The van der Waals surface area contributed by atoms with Crippen LogP contribution in [0.1, 0.15) is 48.9 Å². The Hall–Kier alpha value is -4.41. The Labute approximate surface area is 220 Å². The fourth-order valence-corrected chi connectivity index (χ4v) is 4.36. The quantitative estimate of drug-likeness (QED) is 0.522. The zero-order valence-electron chi connectivity index (χ0n) is 22.0. The Bertz CT molecular complexity index is 1420. The third-order valence-electron chi connectivity index (χ3n) is 6.07. The molecule has 1 atom stereocenters. The molecule has 1 aliphatic heterocycles. The van der Waals surface area contributed by atoms with Crippen LogP contribution in [0.2, 0.25) is 0 Å². The van der Waals surface area contributed by atoms with Crippen LogP contribution in [-0.4, -0.2) is 74.1 Å². The Morgan fingerprint density at radius 1 is 1.18 bits per heavy atom. The average Bonchev–Trinajstić information content (AvgIpc) is 3.14. The first-order chi connectivity index (χ1) is 17.8. The predicted molar refractivity (Wildman–Crippen MR) is 140 cm³/mol. The van der Waals surface area contributed by atoms with Crippen molar-refractivity contribution < 1.29 is 29.0 Å². The molecule has 0 radical (unpaired) electrons. The van der Waals surface area contributed by atoms with E-state index in [9.17, 15) is 19.2 Å². The Morgan fingerprint density at radius 3 is 2.58 bits per heavy atom. The summed E-state index contributed by atoms with van der Waals surface area (Å²) >= 11 is 0. The van der Waals surface area contributed by atoms with E-state index in [1.807, 2.05) is 6.07 Å². The monoisotopic (exact) mass is 521 g/mol. The summed E-state index contributed by atoms with van der Waals surface area (Å²) in [4.78, 5) is 57.7. The zero-order valence-corrected chi connectivity index (χ0v) is 22.0. The molecule has 0 bridgehead atoms. The van der Waals surface area contributed by atoms with Crippen molar-refractivity contribution in [2.24, 2.45) is 0 Å². The summed E-state index contributed by atoms with van der Waals surface area (Å²) in [5.41, 5.74) is 2.14. The van der Waals surface area contributed by atoms with Crippen LogP contribution < -0.4 is 5.32 Å². The lowest BCUT2D eigenvalue weighted by molar-refractivity contribution is -0.141. The minimum Gasteiger partial charge on any atom is -0.481 e. The first-order valence-electron chi connectivity index (χ1n) is 12.2. The Balaban J connectivity index is 1.60. The Kier molecular flexibility index (Phi) is 7.12. The maximum Gasteiger partial charge on any atom is 0.420 e. The van der Waals surface area contributed by atoms with Crippen LogP contribution in [0.3, 0.4) is 0 Å². The molecule has 11 heteroatoms. The number of aromatic nitrogens is 2. The van der Waals surface area contributed by atoms with Crippen molar-refractivity contribution in [2.45, 2.75) is 51.9 Å². The molecule has 38 heavy (non-hydrogen) atoms. The highest BCUT2D eigenvalue weighted by atomic mass is 16.6. The number of carboxylic acids is 1. The molecule has 3 aromatic rings. The largest absolute Gasteiger partial charge is 0.481 e. The van der Waals surface area contributed by atoms with E-state index in [2.05, 4.69) is 10.3 Å². The molecule has 1 aliphatic rings. The molecule has 2 aromatic carbocycles. The summed E-state index contributed by atoms with van der Waals surface area (Å²) in [5.74, 6) is -1.38. The van der Waals surface area contributed by atoms with Gasteiger partial charge in [-0.25, -0.2) is 14.3 Å². The number of rotatable bonds is 5. The number of nitrogens with zero attached hydrogens (tertiary/aromatic N) is 4. The SMILES string of the molecule is CN(Cc1nc2ccccc2n1C(=O)OC(C)(C)C)C(=O)c1ccc2c(c1)CN(C)C(=O)[C@H](CC(=O)O)N2. The molecule has 1 aromatic heterocycles. The predicted octanol–water partition coefficient (Wildman–Crippen LogP) is 3.32. The van der Waals surface area contributed by atoms with Gasteiger partial charge in [-0.3, -0.25) is 14.4 Å². The number of carbonyl (C=O) groups excluding carboxylic acids is 3. The third kappa shape index (κ3) is 5.61. The second-order valence-corrected chi connectivity index (χ2v) is 10.4. The Morgan fingerprint density at radius 2 is 1.89 bits per heavy atom. The van der Waals surface area contributed by atoms with Gasteiger partial charge in [-0.15, -0.1) is 0 Å². The van der Waals surface area contributed by atoms with E-state index in [0.29, 0.717) is 33.7 Å². The summed E-state index contributed by atoms with van der Waals surface area (Å²) in [6.07, 6.45) is -0.938. The number of hydrogen-bond acceptors (Lipinski definition) is 7. The molecule has 0 fully saturated rings. The van der Waals surface area contributed by atoms with Crippen molar-refractivity contribution in [3.8, 4) is 0 Å². The molecule has 2 N–H and O–H groups in total. The van der Waals surface area contributed by atoms with Gasteiger partial charge in [0.05, 0.1) is 24.0 Å². The minimum absolute atomic E-state index is 0.0428. The fraction of sp³-hybridized carbons (Fsp3) is 0.370. The summed E-state index contributed by atoms with van der Waals surface area (Å²) < 4.78 is 6.97. The summed E-state index contributed by atoms with van der Waals surface area (Å²) in [7, 11) is 3.21. The molecule has 4 rings (SSSR count). The van der Waals surface area contributed by atoms with Crippen LogP contribution in [0.15, 0.2) is 42.5 Å². The number of fused-ring (bicyclic) bond motifs is 2. The maximum atomic E-state index is 13.4. The zero-order chi connectivity index (χ0) is 27.8. The molecule has 0 aliphatic carbocycles. The summed E-state index contributed by atoms with van der Waals surface area (Å²) in [6, 6.07) is 11.3. The van der Waals surface area contributed by atoms with E-state index >= 15 is 0 Å². The molecule has 0 saturated heterocycles. The topological polar surface area (TPSA) is 134 Å². The van der Waals surface area contributed by atoms with Crippen LogP contribution in [-0.2, 0) is 27.4 Å². The van der Waals surface area contributed by atoms with Crippen LogP contribution in [0.25, 0.3) is 11.0 Å². The lowest BCUT2D eigenvalue weighted by Gasteiger charge is -2.22. The smallest absolute Gasteiger partial charge is 0.420 e. The number of para-hydroxylation sites is 2. The average molecular weight is 522 g/mol. The maximum absolute atomic E-state index is 13.4. The van der Waals surface area contributed by atoms with Crippen molar-refractivity contribution in [1.29, 1.82) is 0 Å². The van der Waals surface area contributed by atoms with Gasteiger partial charge in [-0.2, -0.15) is 0 Å². The lowest BCUT2D eigenvalue weighted by Crippen LogP contribution is -2.39. The number of amides is 2. The standard InChI is InChI=1S/C27H31N5O6/c1-27(2,3)38-26(37)32-21-9-7-6-8-19(21)29-22(32)15-31(5)24(35)16-10-11-18-17(12-16)14-30(4)25(36)20(28-18)13-23(33)34/h6-12,20,28H,13-15H2,1-5H3,(H,33,34)/t20-/m0/s1. The molecule has 0 spiro atoms. The number of nitrogens with one attached hydrogen (secondary N) is 1. The van der Waals surface area contributed by atoms with Gasteiger partial charge in [0, 0.05) is 31.9 Å². The van der Waals surface area contributed by atoms with Gasteiger partial charge >= 0.3 is 12.1 Å². The van der Waals surface area contributed by atoms with Crippen molar-refractivity contribution in [3.63, 3.8) is 0 Å². The van der Waals surface area contributed by atoms with Gasteiger partial charge in [0.15, 0.2) is 0 Å². The number of aliphatic carboxylic acids is 1. The molecule has 2 heterocycles. The molecule has 200 valence electrons. The van der Waals surface area contributed by atoms with Gasteiger partial charge < -0.3 is 25.0 Å². The highest BCUT2D eigenvalue weighted by Crippen LogP contribution is 2.26. The van der Waals surface area contributed by atoms with E-state index in [1.54, 1.807) is 71.3 Å². The summed E-state index contributed by atoms with van der Waals surface area (Å²) in [6.45, 7) is 5.60. The first kappa shape index (κ1) is 26.6. The number of carbonyl (C=O) groups is 4. The van der Waals surface area contributed by atoms with Crippen molar-refractivity contribution in [1.82, 2.24) is 19.4 Å². The second-order valence-electron chi connectivity index (χ2n) is 10.4. The van der Waals surface area contributed by atoms with Crippen LogP contribution >= 0.6 is 0 Å². The lowest BCUT2D eigenvalue weighted by atomic mass is 10.1. The third-order valence-corrected chi connectivity index (χ3v) is 6.07. The van der Waals surface area contributed by atoms with Crippen LogP contribution in [0.4, 0.5) is 10.5 Å². The van der Waals surface area contributed by atoms with Gasteiger partial charge in [0.1, 0.15) is 17.5 Å². The van der Waals surface area contributed by atoms with E-state index in [1.165, 1.54) is 14.4 Å². The van der Waals surface area contributed by atoms with Gasteiger partial charge in [0.2, 0.25) is 5.91 Å². The number of anilines is 1. The molecule has 2 amide bonds. The molecular weight excluding hydrogens is 490 g/mol. The number of carboxylic acid groups (broad SMARTS) is 1. The van der Waals surface area contributed by atoms with E-state index in [-0.39, 0.29) is 31.3 Å². The van der Waals surface area contributed by atoms with E-state index in [4.69, 9.17) is 9.84 Å². The van der Waals surface area contributed by atoms with Gasteiger partial charge in [0.25, 0.3) is 5.91 Å². The first-order valence-corrected chi connectivity index (χ1v) is 12.2. The number of hydrogen-bond donors (Lipinski definition) is 2. The highest BCUT2D eigenvalue weighted by Gasteiger charge is 2.30. The normalized spacial score (nSPS) is 15.4. The fourth-order valence-electron chi connectivity index (χ4n) is 4.36. The molecule has 0 unspecified atom stereocenters. The second kappa shape index (κ2) is 10.2. The van der Waals surface area contributed by atoms with E-state index in [0.717, 1.165) is 0 Å². The summed E-state index contributed by atoms with van der Waals surface area (Å²) in [5, 5.41) is 12.2. The van der Waals surface area contributed by atoms with Gasteiger partial charge in [-0.05, 0) is 56.7 Å². The van der Waals surface area contributed by atoms with Crippen molar-refractivity contribution >= 4 is 40.6 Å². The number of benzene rings is 2. The molecular formula is C27H31N5O6. The number of ether oxygens (including phenoxy) is 1. The molecule has 0 saturated carbocycles.